The normalized spacial score (nSPS) is 33.8. The molecule has 1 saturated heterocycles. The molecule has 0 bridgehead atoms. The van der Waals surface area contributed by atoms with E-state index in [4.69, 9.17) is 0 Å². The second-order valence-electron chi connectivity index (χ2n) is 4.42. The minimum absolute atomic E-state index is 0.0532. The van der Waals surface area contributed by atoms with Gasteiger partial charge in [-0.3, -0.25) is 4.79 Å². The van der Waals surface area contributed by atoms with Crippen LogP contribution in [0.1, 0.15) is 45.4 Å². The topological polar surface area (TPSA) is 29.1 Å². The summed E-state index contributed by atoms with van der Waals surface area (Å²) in [6.07, 6.45) is 7.15. The van der Waals surface area contributed by atoms with E-state index in [9.17, 15) is 4.79 Å². The molecule has 2 nitrogen and oxygen atoms in total. The van der Waals surface area contributed by atoms with Crippen LogP contribution in [0.5, 0.6) is 0 Å². The van der Waals surface area contributed by atoms with E-state index in [2.05, 4.69) is 12.2 Å². The van der Waals surface area contributed by atoms with Crippen LogP contribution in [0.3, 0.4) is 0 Å². The molecule has 0 aromatic rings. The molecule has 1 unspecified atom stereocenters. The van der Waals surface area contributed by atoms with Gasteiger partial charge in [0.2, 0.25) is 5.91 Å². The Labute approximate surface area is 73.7 Å². The first-order valence-corrected chi connectivity index (χ1v) is 5.04. The van der Waals surface area contributed by atoms with Crippen molar-refractivity contribution in [3.63, 3.8) is 0 Å². The van der Waals surface area contributed by atoms with Crippen LogP contribution >= 0.6 is 0 Å². The SMILES string of the molecule is CC1CC2(CCCCC2)C(=O)N1. The molecule has 1 saturated carbocycles. The molecule has 0 aromatic carbocycles. The minimum Gasteiger partial charge on any atom is -0.353 e. The van der Waals surface area contributed by atoms with Crippen molar-refractivity contribution in [3.05, 3.63) is 0 Å². The standard InChI is InChI=1S/C10H17NO/c1-8-7-10(9(12)11-8)5-3-2-4-6-10/h8H,2-7H2,1H3,(H,11,12). The highest BCUT2D eigenvalue weighted by Gasteiger charge is 2.45. The maximum absolute atomic E-state index is 11.7. The Hall–Kier alpha value is -0.530. The van der Waals surface area contributed by atoms with E-state index < -0.39 is 0 Å². The van der Waals surface area contributed by atoms with Gasteiger partial charge in [-0.1, -0.05) is 19.3 Å². The van der Waals surface area contributed by atoms with Gasteiger partial charge < -0.3 is 5.32 Å². The van der Waals surface area contributed by atoms with Crippen LogP contribution in [0.2, 0.25) is 0 Å². The van der Waals surface area contributed by atoms with Gasteiger partial charge in [0.05, 0.1) is 5.41 Å². The summed E-state index contributed by atoms with van der Waals surface area (Å²) in [6.45, 7) is 2.11. The Bertz CT molecular complexity index is 194. The van der Waals surface area contributed by atoms with Crippen molar-refractivity contribution in [2.24, 2.45) is 5.41 Å². The molecule has 0 radical (unpaired) electrons. The predicted molar refractivity (Wildman–Crippen MR) is 47.7 cm³/mol. The summed E-state index contributed by atoms with van der Waals surface area (Å²) < 4.78 is 0. The Kier molecular flexibility index (Phi) is 1.85. The van der Waals surface area contributed by atoms with Crippen LogP contribution in [0.4, 0.5) is 0 Å². The van der Waals surface area contributed by atoms with Gasteiger partial charge in [-0.2, -0.15) is 0 Å². The van der Waals surface area contributed by atoms with Crippen LogP contribution in [-0.2, 0) is 4.79 Å². The number of carbonyl (C=O) groups is 1. The van der Waals surface area contributed by atoms with Crippen molar-refractivity contribution in [2.75, 3.05) is 0 Å². The third kappa shape index (κ3) is 1.13. The van der Waals surface area contributed by atoms with Gasteiger partial charge in [0.15, 0.2) is 0 Å². The van der Waals surface area contributed by atoms with Crippen molar-refractivity contribution in [2.45, 2.75) is 51.5 Å². The molecule has 1 spiro atoms. The molecule has 1 atom stereocenters. The van der Waals surface area contributed by atoms with Crippen molar-refractivity contribution in [1.29, 1.82) is 0 Å². The molecule has 2 heteroatoms. The van der Waals surface area contributed by atoms with Gasteiger partial charge >= 0.3 is 0 Å². The first-order valence-electron chi connectivity index (χ1n) is 5.04. The fourth-order valence-electron chi connectivity index (χ4n) is 2.77. The molecule has 2 aliphatic rings. The second-order valence-corrected chi connectivity index (χ2v) is 4.42. The summed E-state index contributed by atoms with van der Waals surface area (Å²) >= 11 is 0. The lowest BCUT2D eigenvalue weighted by Crippen LogP contribution is -2.33. The molecule has 1 amide bonds. The summed E-state index contributed by atoms with van der Waals surface area (Å²) in [5.74, 6) is 0.328. The van der Waals surface area contributed by atoms with Gasteiger partial charge in [0, 0.05) is 6.04 Å². The first kappa shape index (κ1) is 8.09. The lowest BCUT2D eigenvalue weighted by molar-refractivity contribution is -0.129. The zero-order valence-electron chi connectivity index (χ0n) is 7.73. The Morgan fingerprint density at radius 1 is 1.33 bits per heavy atom. The monoisotopic (exact) mass is 167 g/mol. The number of nitrogens with one attached hydrogen (secondary N) is 1. The van der Waals surface area contributed by atoms with E-state index in [1.54, 1.807) is 0 Å². The van der Waals surface area contributed by atoms with E-state index in [-0.39, 0.29) is 5.41 Å². The summed E-state index contributed by atoms with van der Waals surface area (Å²) in [7, 11) is 0. The molecular weight excluding hydrogens is 150 g/mol. The fourth-order valence-corrected chi connectivity index (χ4v) is 2.77. The van der Waals surface area contributed by atoms with Crippen LogP contribution in [0.15, 0.2) is 0 Å². The number of carbonyl (C=O) groups excluding carboxylic acids is 1. The van der Waals surface area contributed by atoms with E-state index in [0.717, 1.165) is 19.3 Å². The summed E-state index contributed by atoms with van der Waals surface area (Å²) in [4.78, 5) is 11.7. The quantitative estimate of drug-likeness (QED) is 0.586. The highest BCUT2D eigenvalue weighted by atomic mass is 16.2. The summed E-state index contributed by atoms with van der Waals surface area (Å²) in [5, 5.41) is 3.04. The van der Waals surface area contributed by atoms with Crippen LogP contribution < -0.4 is 5.32 Å². The fraction of sp³-hybridized carbons (Fsp3) is 0.900. The third-order valence-electron chi connectivity index (χ3n) is 3.37. The van der Waals surface area contributed by atoms with Crippen LogP contribution in [-0.4, -0.2) is 11.9 Å². The van der Waals surface area contributed by atoms with E-state index in [1.165, 1.54) is 19.3 Å². The Balaban J connectivity index is 2.13. The van der Waals surface area contributed by atoms with Gasteiger partial charge in [0.25, 0.3) is 0 Å². The number of hydrogen-bond acceptors (Lipinski definition) is 1. The van der Waals surface area contributed by atoms with Gasteiger partial charge in [0.1, 0.15) is 0 Å². The molecule has 1 aliphatic carbocycles. The average molecular weight is 167 g/mol. The number of hydrogen-bond donors (Lipinski definition) is 1. The van der Waals surface area contributed by atoms with E-state index in [1.807, 2.05) is 0 Å². The molecule has 1 aliphatic heterocycles. The number of amides is 1. The van der Waals surface area contributed by atoms with Crippen molar-refractivity contribution < 1.29 is 4.79 Å². The lowest BCUT2D eigenvalue weighted by Gasteiger charge is -2.30. The Morgan fingerprint density at radius 2 is 2.00 bits per heavy atom. The van der Waals surface area contributed by atoms with Gasteiger partial charge in [-0.25, -0.2) is 0 Å². The second kappa shape index (κ2) is 2.75. The molecule has 1 N–H and O–H groups in total. The average Bonchev–Trinajstić information content (AvgIpc) is 2.29. The Morgan fingerprint density at radius 3 is 2.50 bits per heavy atom. The number of rotatable bonds is 0. The molecule has 2 rings (SSSR count). The third-order valence-corrected chi connectivity index (χ3v) is 3.37. The molecule has 12 heavy (non-hydrogen) atoms. The molecule has 2 fully saturated rings. The smallest absolute Gasteiger partial charge is 0.226 e. The highest BCUT2D eigenvalue weighted by molar-refractivity contribution is 5.85. The molecule has 0 aromatic heterocycles. The molecule has 1 heterocycles. The largest absolute Gasteiger partial charge is 0.353 e. The zero-order chi connectivity index (χ0) is 8.60. The molecule has 68 valence electrons. The van der Waals surface area contributed by atoms with Crippen molar-refractivity contribution >= 4 is 5.91 Å². The maximum Gasteiger partial charge on any atom is 0.226 e. The van der Waals surface area contributed by atoms with Crippen LogP contribution in [0, 0.1) is 5.41 Å². The van der Waals surface area contributed by atoms with Crippen LogP contribution in [0.25, 0.3) is 0 Å². The summed E-state index contributed by atoms with van der Waals surface area (Å²) in [5.41, 5.74) is 0.0532. The first-order chi connectivity index (χ1) is 5.73. The van der Waals surface area contributed by atoms with Gasteiger partial charge in [-0.15, -0.1) is 0 Å². The molecular formula is C10H17NO. The predicted octanol–water partition coefficient (Wildman–Crippen LogP) is 1.85. The van der Waals surface area contributed by atoms with E-state index >= 15 is 0 Å². The zero-order valence-corrected chi connectivity index (χ0v) is 7.73. The lowest BCUT2D eigenvalue weighted by atomic mass is 9.72. The maximum atomic E-state index is 11.7. The van der Waals surface area contributed by atoms with Crippen molar-refractivity contribution in [1.82, 2.24) is 5.32 Å². The summed E-state index contributed by atoms with van der Waals surface area (Å²) in [6, 6.07) is 0.413. The minimum atomic E-state index is 0.0532. The highest BCUT2D eigenvalue weighted by Crippen LogP contribution is 2.43. The van der Waals surface area contributed by atoms with E-state index in [0.29, 0.717) is 11.9 Å². The van der Waals surface area contributed by atoms with Crippen molar-refractivity contribution in [3.8, 4) is 0 Å². The van der Waals surface area contributed by atoms with Gasteiger partial charge in [-0.05, 0) is 26.2 Å².